The zero-order chi connectivity index (χ0) is 10.4. The molecule has 0 aromatic rings. The Morgan fingerprint density at radius 1 is 1.23 bits per heavy atom. The van der Waals surface area contributed by atoms with Crippen LogP contribution in [0.3, 0.4) is 0 Å². The van der Waals surface area contributed by atoms with Gasteiger partial charge in [-0.1, -0.05) is 0 Å². The Labute approximate surface area is 76.0 Å². The second-order valence-electron chi connectivity index (χ2n) is 2.44. The lowest BCUT2D eigenvalue weighted by molar-refractivity contribution is -0.153. The number of rotatable bonds is 5. The number of Topliss-reactive ketones (excluding diaryl/α,β-unsaturated/α-hetero) is 2. The standard InChI is InChI=1S/C8H12O5/c1-5(12-2)6(9)4-7(10)8(11)13-3/h5H,4H2,1-3H3. The van der Waals surface area contributed by atoms with Gasteiger partial charge in [-0.25, -0.2) is 4.79 Å². The van der Waals surface area contributed by atoms with Gasteiger partial charge in [0, 0.05) is 7.11 Å². The van der Waals surface area contributed by atoms with Gasteiger partial charge in [-0.3, -0.25) is 9.59 Å². The van der Waals surface area contributed by atoms with E-state index < -0.39 is 30.1 Å². The van der Waals surface area contributed by atoms with E-state index in [9.17, 15) is 14.4 Å². The molecule has 0 rings (SSSR count). The van der Waals surface area contributed by atoms with Crippen LogP contribution in [-0.2, 0) is 23.9 Å². The van der Waals surface area contributed by atoms with Crippen molar-refractivity contribution in [1.29, 1.82) is 0 Å². The molecular weight excluding hydrogens is 176 g/mol. The lowest BCUT2D eigenvalue weighted by Crippen LogP contribution is -2.26. The summed E-state index contributed by atoms with van der Waals surface area (Å²) in [6.45, 7) is 1.51. The highest BCUT2D eigenvalue weighted by atomic mass is 16.5. The van der Waals surface area contributed by atoms with E-state index in [1.54, 1.807) is 0 Å². The average Bonchev–Trinajstić information content (AvgIpc) is 2.14. The zero-order valence-corrected chi connectivity index (χ0v) is 7.83. The molecule has 0 amide bonds. The van der Waals surface area contributed by atoms with Crippen molar-refractivity contribution in [3.05, 3.63) is 0 Å². The minimum absolute atomic E-state index is 0.432. The Balaban J connectivity index is 4.07. The summed E-state index contributed by atoms with van der Waals surface area (Å²) in [5, 5.41) is 0. The van der Waals surface area contributed by atoms with Gasteiger partial charge in [0.25, 0.3) is 0 Å². The minimum atomic E-state index is -1.00. The smallest absolute Gasteiger partial charge is 0.374 e. The van der Waals surface area contributed by atoms with Gasteiger partial charge in [0.05, 0.1) is 13.5 Å². The van der Waals surface area contributed by atoms with E-state index in [0.29, 0.717) is 0 Å². The first-order chi connectivity index (χ1) is 6.02. The molecule has 0 bridgehead atoms. The summed E-state index contributed by atoms with van der Waals surface area (Å²) in [5.74, 6) is -2.29. The SMILES string of the molecule is COC(=O)C(=O)CC(=O)C(C)OC. The first-order valence-electron chi connectivity index (χ1n) is 3.69. The molecule has 1 unspecified atom stereocenters. The number of carbonyl (C=O) groups excluding carboxylic acids is 3. The lowest BCUT2D eigenvalue weighted by atomic mass is 10.1. The quantitative estimate of drug-likeness (QED) is 0.337. The van der Waals surface area contributed by atoms with E-state index in [1.807, 2.05) is 0 Å². The Morgan fingerprint density at radius 3 is 2.15 bits per heavy atom. The summed E-state index contributed by atoms with van der Waals surface area (Å²) < 4.78 is 8.82. The molecule has 5 heteroatoms. The highest BCUT2D eigenvalue weighted by molar-refractivity contribution is 6.37. The predicted octanol–water partition coefficient (Wildman–Crippen LogP) is -0.277. The predicted molar refractivity (Wildman–Crippen MR) is 43.1 cm³/mol. The number of ketones is 2. The normalized spacial score (nSPS) is 11.9. The summed E-state index contributed by atoms with van der Waals surface area (Å²) in [7, 11) is 2.44. The van der Waals surface area contributed by atoms with E-state index in [2.05, 4.69) is 9.47 Å². The minimum Gasteiger partial charge on any atom is -0.463 e. The molecule has 0 aliphatic rings. The lowest BCUT2D eigenvalue weighted by Gasteiger charge is -2.05. The summed E-state index contributed by atoms with van der Waals surface area (Å²) in [5.41, 5.74) is 0. The maximum absolute atomic E-state index is 11.1. The highest BCUT2D eigenvalue weighted by Gasteiger charge is 2.21. The molecule has 0 saturated heterocycles. The van der Waals surface area contributed by atoms with E-state index in [0.717, 1.165) is 7.11 Å². The Morgan fingerprint density at radius 2 is 1.77 bits per heavy atom. The van der Waals surface area contributed by atoms with Gasteiger partial charge in [-0.2, -0.15) is 0 Å². The van der Waals surface area contributed by atoms with Crippen molar-refractivity contribution < 1.29 is 23.9 Å². The Bertz CT molecular complexity index is 221. The average molecular weight is 188 g/mol. The summed E-state index contributed by atoms with van der Waals surface area (Å²) in [6, 6.07) is 0. The molecule has 74 valence electrons. The topological polar surface area (TPSA) is 69.7 Å². The number of hydrogen-bond donors (Lipinski definition) is 0. The van der Waals surface area contributed by atoms with Crippen molar-refractivity contribution in [2.75, 3.05) is 14.2 Å². The molecule has 0 aliphatic carbocycles. The van der Waals surface area contributed by atoms with Crippen LogP contribution in [0.5, 0.6) is 0 Å². The highest BCUT2D eigenvalue weighted by Crippen LogP contribution is 1.97. The fourth-order valence-electron chi connectivity index (χ4n) is 0.619. The van der Waals surface area contributed by atoms with Crippen LogP contribution >= 0.6 is 0 Å². The molecule has 0 aromatic carbocycles. The first kappa shape index (κ1) is 11.8. The van der Waals surface area contributed by atoms with Crippen molar-refractivity contribution in [1.82, 2.24) is 0 Å². The molecule has 0 N–H and O–H groups in total. The van der Waals surface area contributed by atoms with Gasteiger partial charge in [0.15, 0.2) is 5.78 Å². The molecule has 0 radical (unpaired) electrons. The van der Waals surface area contributed by atoms with Crippen LogP contribution < -0.4 is 0 Å². The van der Waals surface area contributed by atoms with Crippen LogP contribution in [0.1, 0.15) is 13.3 Å². The van der Waals surface area contributed by atoms with Gasteiger partial charge in [0.2, 0.25) is 5.78 Å². The van der Waals surface area contributed by atoms with E-state index in [1.165, 1.54) is 14.0 Å². The second-order valence-corrected chi connectivity index (χ2v) is 2.44. The van der Waals surface area contributed by atoms with Crippen molar-refractivity contribution in [2.24, 2.45) is 0 Å². The third-order valence-corrected chi connectivity index (χ3v) is 1.55. The molecule has 0 heterocycles. The third-order valence-electron chi connectivity index (χ3n) is 1.55. The summed E-state index contributed by atoms with van der Waals surface area (Å²) in [6.07, 6.45) is -1.14. The maximum atomic E-state index is 11.1. The molecule has 1 atom stereocenters. The van der Waals surface area contributed by atoms with Crippen molar-refractivity contribution in [3.8, 4) is 0 Å². The van der Waals surface area contributed by atoms with Crippen molar-refractivity contribution in [3.63, 3.8) is 0 Å². The number of esters is 1. The monoisotopic (exact) mass is 188 g/mol. The molecule has 0 fully saturated rings. The van der Waals surface area contributed by atoms with E-state index >= 15 is 0 Å². The molecule has 0 saturated carbocycles. The molecule has 13 heavy (non-hydrogen) atoms. The van der Waals surface area contributed by atoms with Gasteiger partial charge in [-0.05, 0) is 6.92 Å². The summed E-state index contributed by atoms with van der Waals surface area (Å²) in [4.78, 5) is 32.5. The van der Waals surface area contributed by atoms with Crippen LogP contribution in [-0.4, -0.2) is 37.9 Å². The summed E-state index contributed by atoms with van der Waals surface area (Å²) >= 11 is 0. The maximum Gasteiger partial charge on any atom is 0.374 e. The van der Waals surface area contributed by atoms with E-state index in [4.69, 9.17) is 0 Å². The Kier molecular flexibility index (Phi) is 4.91. The van der Waals surface area contributed by atoms with Crippen LogP contribution in [0.4, 0.5) is 0 Å². The molecule has 0 aromatic heterocycles. The van der Waals surface area contributed by atoms with E-state index in [-0.39, 0.29) is 0 Å². The third kappa shape index (κ3) is 3.80. The molecule has 5 nitrogen and oxygen atoms in total. The van der Waals surface area contributed by atoms with Crippen molar-refractivity contribution in [2.45, 2.75) is 19.4 Å². The molecular formula is C8H12O5. The van der Waals surface area contributed by atoms with Gasteiger partial charge in [0.1, 0.15) is 6.10 Å². The van der Waals surface area contributed by atoms with Crippen molar-refractivity contribution >= 4 is 17.5 Å². The first-order valence-corrected chi connectivity index (χ1v) is 3.69. The number of ether oxygens (including phenoxy) is 2. The fourth-order valence-corrected chi connectivity index (χ4v) is 0.619. The van der Waals surface area contributed by atoms with Gasteiger partial charge < -0.3 is 9.47 Å². The van der Waals surface area contributed by atoms with Crippen LogP contribution in [0.2, 0.25) is 0 Å². The number of hydrogen-bond acceptors (Lipinski definition) is 5. The number of carbonyl (C=O) groups is 3. The molecule has 0 spiro atoms. The largest absolute Gasteiger partial charge is 0.463 e. The zero-order valence-electron chi connectivity index (χ0n) is 7.83. The van der Waals surface area contributed by atoms with Crippen LogP contribution in [0, 0.1) is 0 Å². The Hall–Kier alpha value is -1.23. The van der Waals surface area contributed by atoms with Crippen LogP contribution in [0.25, 0.3) is 0 Å². The number of methoxy groups -OCH3 is 2. The second kappa shape index (κ2) is 5.42. The van der Waals surface area contributed by atoms with Gasteiger partial charge in [-0.15, -0.1) is 0 Å². The van der Waals surface area contributed by atoms with Crippen LogP contribution in [0.15, 0.2) is 0 Å². The molecule has 0 aliphatic heterocycles. The fraction of sp³-hybridized carbons (Fsp3) is 0.625. The van der Waals surface area contributed by atoms with Gasteiger partial charge >= 0.3 is 5.97 Å².